The van der Waals surface area contributed by atoms with Crippen molar-refractivity contribution in [1.29, 1.82) is 0 Å². The van der Waals surface area contributed by atoms with E-state index >= 15 is 0 Å². The number of rotatable bonds is 16. The minimum atomic E-state index is 0.0358. The molecule has 0 atom stereocenters. The van der Waals surface area contributed by atoms with Gasteiger partial charge in [-0.1, -0.05) is 52.0 Å². The van der Waals surface area contributed by atoms with Gasteiger partial charge in [0.15, 0.2) is 5.82 Å². The molecule has 1 saturated heterocycles. The summed E-state index contributed by atoms with van der Waals surface area (Å²) in [6.45, 7) is 20.4. The van der Waals surface area contributed by atoms with Crippen LogP contribution < -0.4 is 26.4 Å². The molecule has 0 saturated carbocycles. The Labute approximate surface area is 263 Å². The number of carbonyl (C=O) groups is 1. The number of amidine groups is 1. The summed E-state index contributed by atoms with van der Waals surface area (Å²) < 4.78 is 8.07. The molecule has 1 aromatic carbocycles. The SMILES string of the molecule is C=C1C=CC(=O)N1CCN1CCN(Cc2ccc(Cn3ccc(=C)/c3=C(\N=C(\N)CCC)NCCCCC)c(OC)c2)CC1. The molecule has 2 aliphatic heterocycles. The fourth-order valence-corrected chi connectivity index (χ4v) is 5.77. The lowest BCUT2D eigenvalue weighted by atomic mass is 10.1. The van der Waals surface area contributed by atoms with Gasteiger partial charge in [-0.05, 0) is 41.8 Å². The van der Waals surface area contributed by atoms with E-state index in [9.17, 15) is 4.79 Å². The van der Waals surface area contributed by atoms with Crippen LogP contribution in [-0.2, 0) is 17.9 Å². The maximum Gasteiger partial charge on any atom is 0.251 e. The Kier molecular flexibility index (Phi) is 12.3. The van der Waals surface area contributed by atoms with E-state index in [1.54, 1.807) is 24.2 Å². The standard InChI is InChI=1S/C35H51N7O2/c1-6-8-9-16-37-35(38-32(36)10-7-2)34-27(3)15-17-41(34)26-30-13-12-29(24-31(30)44-5)25-40-20-18-39(19-21-40)22-23-42-28(4)11-14-33(42)43/h11-15,17,24,37H,3-4,6-10,16,18-23,25-26H2,1-2,5H3,(H2,36,38)/b35-34+. The highest BCUT2D eigenvalue weighted by molar-refractivity contribution is 5.93. The Hall–Kier alpha value is -3.82. The molecule has 0 aliphatic carbocycles. The fourth-order valence-electron chi connectivity index (χ4n) is 5.77. The summed E-state index contributed by atoms with van der Waals surface area (Å²) in [6, 6.07) is 8.58. The maximum absolute atomic E-state index is 12.0. The van der Waals surface area contributed by atoms with Gasteiger partial charge in [0.25, 0.3) is 5.91 Å². The molecule has 0 bridgehead atoms. The van der Waals surface area contributed by atoms with Crippen molar-refractivity contribution >= 4 is 24.1 Å². The average molecular weight is 602 g/mol. The molecule has 2 aromatic rings. The van der Waals surface area contributed by atoms with Gasteiger partial charge in [0.05, 0.1) is 19.0 Å². The van der Waals surface area contributed by atoms with E-state index in [4.69, 9.17) is 15.5 Å². The van der Waals surface area contributed by atoms with Crippen molar-refractivity contribution in [2.24, 2.45) is 10.7 Å². The van der Waals surface area contributed by atoms with Crippen molar-refractivity contribution in [3.8, 4) is 5.75 Å². The first-order valence-corrected chi connectivity index (χ1v) is 16.1. The van der Waals surface area contributed by atoms with E-state index in [0.717, 1.165) is 105 Å². The van der Waals surface area contributed by atoms with Gasteiger partial charge in [-0.15, -0.1) is 0 Å². The molecule has 3 heterocycles. The van der Waals surface area contributed by atoms with Gasteiger partial charge >= 0.3 is 0 Å². The van der Waals surface area contributed by atoms with Crippen LogP contribution in [0.5, 0.6) is 5.75 Å². The molecule has 44 heavy (non-hydrogen) atoms. The molecule has 238 valence electrons. The molecule has 0 spiro atoms. The number of piperazine rings is 1. The molecular weight excluding hydrogens is 550 g/mol. The molecule has 9 nitrogen and oxygen atoms in total. The van der Waals surface area contributed by atoms with Crippen LogP contribution in [0.2, 0.25) is 0 Å². The number of aliphatic imine (C=N–C) groups is 1. The Morgan fingerprint density at radius 1 is 1.00 bits per heavy atom. The second kappa shape index (κ2) is 16.3. The second-order valence-corrected chi connectivity index (χ2v) is 11.7. The van der Waals surface area contributed by atoms with Crippen LogP contribution in [0.3, 0.4) is 0 Å². The third kappa shape index (κ3) is 8.86. The number of methoxy groups -OCH3 is 1. The molecule has 1 fully saturated rings. The largest absolute Gasteiger partial charge is 0.496 e. The molecular formula is C35H51N7O2. The van der Waals surface area contributed by atoms with Gasteiger partial charge in [0.2, 0.25) is 0 Å². The van der Waals surface area contributed by atoms with E-state index in [1.807, 2.05) is 6.07 Å². The van der Waals surface area contributed by atoms with Crippen LogP contribution in [-0.4, -0.2) is 83.9 Å². The molecule has 0 radical (unpaired) electrons. The van der Waals surface area contributed by atoms with E-state index in [2.05, 4.69) is 71.1 Å². The zero-order chi connectivity index (χ0) is 31.5. The van der Waals surface area contributed by atoms with E-state index in [1.165, 1.54) is 12.0 Å². The van der Waals surface area contributed by atoms with Crippen molar-refractivity contribution in [2.45, 2.75) is 59.0 Å². The third-order valence-electron chi connectivity index (χ3n) is 8.34. The molecule has 1 aromatic heterocycles. The number of nitrogens with two attached hydrogens (primary N) is 1. The lowest BCUT2D eigenvalue weighted by Crippen LogP contribution is -2.48. The highest BCUT2D eigenvalue weighted by atomic mass is 16.5. The van der Waals surface area contributed by atoms with Gasteiger partial charge < -0.3 is 25.3 Å². The number of allylic oxidation sites excluding steroid dienone is 1. The molecule has 0 unspecified atom stereocenters. The minimum absolute atomic E-state index is 0.0358. The Balaban J connectivity index is 1.42. The summed E-state index contributed by atoms with van der Waals surface area (Å²) in [5.41, 5.74) is 9.40. The Bertz CT molecular complexity index is 1430. The third-order valence-corrected chi connectivity index (χ3v) is 8.34. The number of benzene rings is 1. The average Bonchev–Trinajstić information content (AvgIpc) is 3.54. The number of nitrogens with one attached hydrogen (secondary N) is 1. The van der Waals surface area contributed by atoms with E-state index < -0.39 is 0 Å². The van der Waals surface area contributed by atoms with Crippen LogP contribution in [0.15, 0.2) is 59.9 Å². The number of hydrogen-bond acceptors (Lipinski definition) is 6. The molecule has 4 rings (SSSR count). The number of hydrogen-bond donors (Lipinski definition) is 2. The summed E-state index contributed by atoms with van der Waals surface area (Å²) in [6.07, 6.45) is 10.6. The lowest BCUT2D eigenvalue weighted by Gasteiger charge is -2.35. The van der Waals surface area contributed by atoms with Gasteiger partial charge in [0, 0.05) is 82.3 Å². The van der Waals surface area contributed by atoms with Crippen molar-refractivity contribution in [3.05, 3.63) is 76.6 Å². The van der Waals surface area contributed by atoms with Crippen LogP contribution in [0.25, 0.3) is 12.4 Å². The number of nitrogens with zero attached hydrogens (tertiary/aromatic N) is 5. The summed E-state index contributed by atoms with van der Waals surface area (Å²) in [5, 5.41) is 5.42. The van der Waals surface area contributed by atoms with E-state index in [-0.39, 0.29) is 5.91 Å². The van der Waals surface area contributed by atoms with Crippen LogP contribution in [0, 0.1) is 0 Å². The predicted octanol–water partition coefficient (Wildman–Crippen LogP) is 2.99. The van der Waals surface area contributed by atoms with Crippen LogP contribution in [0.1, 0.15) is 57.1 Å². The normalized spacial score (nSPS) is 17.1. The zero-order valence-corrected chi connectivity index (χ0v) is 27.0. The summed E-state index contributed by atoms with van der Waals surface area (Å²) in [7, 11) is 1.74. The monoisotopic (exact) mass is 601 g/mol. The number of ether oxygens (including phenoxy) is 1. The van der Waals surface area contributed by atoms with Crippen molar-refractivity contribution in [2.75, 3.05) is 52.9 Å². The molecule has 3 N–H and O–H groups in total. The summed E-state index contributed by atoms with van der Waals surface area (Å²) >= 11 is 0. The Morgan fingerprint density at radius 2 is 1.77 bits per heavy atom. The smallest absolute Gasteiger partial charge is 0.251 e. The number of amides is 1. The van der Waals surface area contributed by atoms with Gasteiger partial charge in [-0.2, -0.15) is 0 Å². The first-order chi connectivity index (χ1) is 21.3. The molecule has 9 heteroatoms. The zero-order valence-electron chi connectivity index (χ0n) is 27.0. The quantitative estimate of drug-likeness (QED) is 0.175. The van der Waals surface area contributed by atoms with Crippen molar-refractivity contribution in [1.82, 2.24) is 24.6 Å². The first-order valence-electron chi connectivity index (χ1n) is 16.1. The van der Waals surface area contributed by atoms with Crippen LogP contribution in [0.4, 0.5) is 0 Å². The summed E-state index contributed by atoms with van der Waals surface area (Å²) in [4.78, 5) is 23.5. The molecule has 2 aliphatic rings. The van der Waals surface area contributed by atoms with Gasteiger partial charge in [0.1, 0.15) is 11.6 Å². The number of aromatic nitrogens is 1. The van der Waals surface area contributed by atoms with Gasteiger partial charge in [-0.3, -0.25) is 14.6 Å². The van der Waals surface area contributed by atoms with Crippen molar-refractivity contribution < 1.29 is 9.53 Å². The summed E-state index contributed by atoms with van der Waals surface area (Å²) in [5.74, 6) is 2.33. The minimum Gasteiger partial charge on any atom is -0.496 e. The Morgan fingerprint density at radius 3 is 2.45 bits per heavy atom. The maximum atomic E-state index is 12.0. The number of unbranched alkanes of at least 4 members (excludes halogenated alkanes) is 2. The molecule has 1 amide bonds. The second-order valence-electron chi connectivity index (χ2n) is 11.7. The highest BCUT2D eigenvalue weighted by Gasteiger charge is 2.22. The topological polar surface area (TPSA) is 91.4 Å². The highest BCUT2D eigenvalue weighted by Crippen LogP contribution is 2.22. The van der Waals surface area contributed by atoms with Crippen LogP contribution >= 0.6 is 0 Å². The van der Waals surface area contributed by atoms with Gasteiger partial charge in [-0.25, -0.2) is 4.99 Å². The van der Waals surface area contributed by atoms with E-state index in [0.29, 0.717) is 18.9 Å². The first kappa shape index (κ1) is 33.1. The van der Waals surface area contributed by atoms with Crippen molar-refractivity contribution in [3.63, 3.8) is 0 Å². The lowest BCUT2D eigenvalue weighted by molar-refractivity contribution is -0.123. The number of carbonyl (C=O) groups excluding carboxylic acids is 1. The predicted molar refractivity (Wildman–Crippen MR) is 180 cm³/mol. The fraction of sp³-hybridized carbons (Fsp3) is 0.486.